The second kappa shape index (κ2) is 7.47. The average molecular weight is 274 g/mol. The number of benzene rings is 1. The number of carbonyl (C=O) groups excluding carboxylic acids is 1. The van der Waals surface area contributed by atoms with Crippen LogP contribution < -0.4 is 4.74 Å². The van der Waals surface area contributed by atoms with E-state index < -0.39 is 0 Å². The zero-order valence-electron chi connectivity index (χ0n) is 12.8. The Morgan fingerprint density at radius 3 is 2.70 bits per heavy atom. The summed E-state index contributed by atoms with van der Waals surface area (Å²) in [6.07, 6.45) is 8.94. The van der Waals surface area contributed by atoms with Gasteiger partial charge >= 0.3 is 0 Å². The third-order valence-corrected chi connectivity index (χ3v) is 4.25. The number of unbranched alkanes of at least 4 members (excludes halogenated alkanes) is 3. The lowest BCUT2D eigenvalue weighted by Crippen LogP contribution is -2.05. The Balaban J connectivity index is 2.09. The lowest BCUT2D eigenvalue weighted by Gasteiger charge is -2.13. The van der Waals surface area contributed by atoms with Crippen molar-refractivity contribution >= 4 is 5.78 Å². The first-order chi connectivity index (χ1) is 9.74. The average Bonchev–Trinajstić information content (AvgIpc) is 2.89. The molecule has 0 radical (unpaired) electrons. The molecular weight excluding hydrogens is 248 g/mol. The van der Waals surface area contributed by atoms with Gasteiger partial charge in [0.25, 0.3) is 0 Å². The summed E-state index contributed by atoms with van der Waals surface area (Å²) < 4.78 is 5.41. The van der Waals surface area contributed by atoms with E-state index in [9.17, 15) is 4.79 Å². The molecule has 2 nitrogen and oxygen atoms in total. The minimum Gasteiger partial charge on any atom is -0.497 e. The van der Waals surface area contributed by atoms with Crippen molar-refractivity contribution in [1.82, 2.24) is 0 Å². The molecule has 1 aromatic rings. The molecule has 2 heteroatoms. The molecule has 0 heterocycles. The van der Waals surface area contributed by atoms with Gasteiger partial charge in [-0.05, 0) is 48.9 Å². The van der Waals surface area contributed by atoms with Gasteiger partial charge in [0.05, 0.1) is 7.11 Å². The lowest BCUT2D eigenvalue weighted by molar-refractivity contribution is -0.118. The zero-order chi connectivity index (χ0) is 14.4. The van der Waals surface area contributed by atoms with Crippen LogP contribution in [0.25, 0.3) is 0 Å². The van der Waals surface area contributed by atoms with Crippen molar-refractivity contribution in [2.45, 2.75) is 64.2 Å². The number of hydrogen-bond donors (Lipinski definition) is 0. The summed E-state index contributed by atoms with van der Waals surface area (Å²) in [5.41, 5.74) is 2.48. The van der Waals surface area contributed by atoms with Gasteiger partial charge in [-0.15, -0.1) is 0 Å². The quantitative estimate of drug-likeness (QED) is 0.676. The van der Waals surface area contributed by atoms with Crippen molar-refractivity contribution in [2.75, 3.05) is 7.11 Å². The topological polar surface area (TPSA) is 26.3 Å². The number of carbonyl (C=O) groups is 1. The molecule has 1 fully saturated rings. The predicted molar refractivity (Wildman–Crippen MR) is 82.4 cm³/mol. The van der Waals surface area contributed by atoms with Crippen LogP contribution in [0.5, 0.6) is 5.75 Å². The van der Waals surface area contributed by atoms with E-state index in [-0.39, 0.29) is 5.92 Å². The maximum Gasteiger partial charge on any atom is 0.140 e. The van der Waals surface area contributed by atoms with Crippen molar-refractivity contribution in [2.24, 2.45) is 0 Å². The van der Waals surface area contributed by atoms with Crippen LogP contribution in [0.2, 0.25) is 0 Å². The van der Waals surface area contributed by atoms with Gasteiger partial charge in [0.15, 0.2) is 0 Å². The van der Waals surface area contributed by atoms with E-state index in [2.05, 4.69) is 19.1 Å². The van der Waals surface area contributed by atoms with Gasteiger partial charge in [-0.2, -0.15) is 0 Å². The maximum absolute atomic E-state index is 11.9. The van der Waals surface area contributed by atoms with E-state index in [1.54, 1.807) is 7.11 Å². The van der Waals surface area contributed by atoms with Crippen LogP contribution in [-0.2, 0) is 11.2 Å². The number of hydrogen-bond acceptors (Lipinski definition) is 2. The van der Waals surface area contributed by atoms with Gasteiger partial charge in [0.2, 0.25) is 0 Å². The minimum absolute atomic E-state index is 0.111. The molecule has 0 amide bonds. The number of ketones is 1. The van der Waals surface area contributed by atoms with Gasteiger partial charge in [0, 0.05) is 12.3 Å². The number of ether oxygens (including phenoxy) is 1. The smallest absolute Gasteiger partial charge is 0.140 e. The Hall–Kier alpha value is -1.31. The molecule has 1 unspecified atom stereocenters. The molecule has 0 aromatic heterocycles. The van der Waals surface area contributed by atoms with Crippen LogP contribution in [0, 0.1) is 0 Å². The molecule has 1 atom stereocenters. The summed E-state index contributed by atoms with van der Waals surface area (Å²) in [6, 6.07) is 6.39. The van der Waals surface area contributed by atoms with Crippen LogP contribution in [0.15, 0.2) is 18.2 Å². The molecule has 0 bridgehead atoms. The normalized spacial score (nSPS) is 18.5. The van der Waals surface area contributed by atoms with Crippen LogP contribution in [0.4, 0.5) is 0 Å². The molecule has 0 N–H and O–H groups in total. The molecule has 0 aliphatic heterocycles. The summed E-state index contributed by atoms with van der Waals surface area (Å²) in [4.78, 5) is 11.9. The van der Waals surface area contributed by atoms with Gasteiger partial charge in [-0.3, -0.25) is 4.79 Å². The Bertz CT molecular complexity index is 451. The van der Waals surface area contributed by atoms with Crippen LogP contribution in [-0.4, -0.2) is 12.9 Å². The minimum atomic E-state index is 0.111. The molecule has 1 saturated carbocycles. The first kappa shape index (κ1) is 15.1. The fraction of sp³-hybridized carbons (Fsp3) is 0.611. The Kier molecular flexibility index (Phi) is 5.63. The maximum atomic E-state index is 11.9. The molecule has 1 aliphatic carbocycles. The third-order valence-electron chi connectivity index (χ3n) is 4.25. The van der Waals surface area contributed by atoms with Gasteiger partial charge in [-0.25, -0.2) is 0 Å². The zero-order valence-corrected chi connectivity index (χ0v) is 12.8. The summed E-state index contributed by atoms with van der Waals surface area (Å²) in [5.74, 6) is 1.40. The van der Waals surface area contributed by atoms with E-state index in [4.69, 9.17) is 4.74 Å². The van der Waals surface area contributed by atoms with E-state index in [0.717, 1.165) is 37.0 Å². The molecule has 1 aliphatic rings. The highest BCUT2D eigenvalue weighted by Gasteiger charge is 2.26. The SMILES string of the molecule is CCCCCCc1cc(OC)cc(C2CCCC2=O)c1. The molecule has 0 saturated heterocycles. The molecule has 1 aromatic carbocycles. The van der Waals surface area contributed by atoms with E-state index in [0.29, 0.717) is 5.78 Å². The van der Waals surface area contributed by atoms with Gasteiger partial charge < -0.3 is 4.74 Å². The van der Waals surface area contributed by atoms with Crippen molar-refractivity contribution in [3.05, 3.63) is 29.3 Å². The van der Waals surface area contributed by atoms with Gasteiger partial charge in [-0.1, -0.05) is 32.3 Å². The Morgan fingerprint density at radius 2 is 2.05 bits per heavy atom. The lowest BCUT2D eigenvalue weighted by atomic mass is 9.93. The molecule has 20 heavy (non-hydrogen) atoms. The second-order valence-corrected chi connectivity index (χ2v) is 5.84. The van der Waals surface area contributed by atoms with Crippen molar-refractivity contribution < 1.29 is 9.53 Å². The monoisotopic (exact) mass is 274 g/mol. The summed E-state index contributed by atoms with van der Waals surface area (Å²) in [7, 11) is 1.70. The van der Waals surface area contributed by atoms with E-state index in [1.807, 2.05) is 6.07 Å². The Morgan fingerprint density at radius 1 is 1.20 bits per heavy atom. The highest BCUT2D eigenvalue weighted by atomic mass is 16.5. The van der Waals surface area contributed by atoms with Crippen molar-refractivity contribution in [3.8, 4) is 5.75 Å². The molecule has 0 spiro atoms. The number of methoxy groups -OCH3 is 1. The van der Waals surface area contributed by atoms with E-state index in [1.165, 1.54) is 31.2 Å². The number of aryl methyl sites for hydroxylation is 1. The second-order valence-electron chi connectivity index (χ2n) is 5.84. The fourth-order valence-electron chi connectivity index (χ4n) is 3.07. The van der Waals surface area contributed by atoms with Crippen LogP contribution in [0.1, 0.15) is 68.9 Å². The summed E-state index contributed by atoms with van der Waals surface area (Å²) >= 11 is 0. The number of Topliss-reactive ketones (excluding diaryl/α,β-unsaturated/α-hetero) is 1. The fourth-order valence-corrected chi connectivity index (χ4v) is 3.07. The largest absolute Gasteiger partial charge is 0.497 e. The predicted octanol–water partition coefficient (Wildman–Crippen LogP) is 4.65. The standard InChI is InChI=1S/C18H26O2/c1-3-4-5-6-8-14-11-15(13-16(12-14)20-2)17-9-7-10-18(17)19/h11-13,17H,3-10H2,1-2H3. The molecule has 2 rings (SSSR count). The van der Waals surface area contributed by atoms with Crippen molar-refractivity contribution in [1.29, 1.82) is 0 Å². The van der Waals surface area contributed by atoms with Crippen molar-refractivity contribution in [3.63, 3.8) is 0 Å². The van der Waals surface area contributed by atoms with Gasteiger partial charge in [0.1, 0.15) is 11.5 Å². The summed E-state index contributed by atoms with van der Waals surface area (Å²) in [5, 5.41) is 0. The highest BCUT2D eigenvalue weighted by molar-refractivity contribution is 5.87. The van der Waals surface area contributed by atoms with Crippen LogP contribution in [0.3, 0.4) is 0 Å². The summed E-state index contributed by atoms with van der Waals surface area (Å²) in [6.45, 7) is 2.23. The first-order valence-corrected chi connectivity index (χ1v) is 7.95. The third kappa shape index (κ3) is 3.84. The van der Waals surface area contributed by atoms with Crippen LogP contribution >= 0.6 is 0 Å². The number of rotatable bonds is 7. The molecule has 110 valence electrons. The van der Waals surface area contributed by atoms with E-state index >= 15 is 0 Å². The molecular formula is C18H26O2. The highest BCUT2D eigenvalue weighted by Crippen LogP contribution is 2.33. The Labute approximate surface area is 122 Å². The first-order valence-electron chi connectivity index (χ1n) is 7.95.